The van der Waals surface area contributed by atoms with E-state index in [2.05, 4.69) is 0 Å². The molecule has 0 radical (unpaired) electrons. The zero-order valence-electron chi connectivity index (χ0n) is 15.4. The van der Waals surface area contributed by atoms with Crippen LogP contribution in [-0.2, 0) is 21.7 Å². The van der Waals surface area contributed by atoms with Crippen LogP contribution in [0.3, 0.4) is 0 Å². The Balaban J connectivity index is 2.06. The maximum absolute atomic E-state index is 12.9. The fraction of sp³-hybridized carbons (Fsp3) is 0.316. The molecule has 1 N–H and O–H groups in total. The highest BCUT2D eigenvalue weighted by molar-refractivity contribution is 6.30. The SMILES string of the molecule is CN(CC(=O)OCc1ccc(Cl)cc1)c1ccc(C(O)(C(F)(F)F)C(F)(F)F)cc1. The number of hydrogen-bond donors (Lipinski definition) is 1. The van der Waals surface area contributed by atoms with E-state index in [0.717, 1.165) is 12.1 Å². The van der Waals surface area contributed by atoms with Crippen molar-refractivity contribution in [1.82, 2.24) is 0 Å². The minimum absolute atomic E-state index is 0.0347. The average Bonchev–Trinajstić information content (AvgIpc) is 2.65. The monoisotopic (exact) mass is 455 g/mol. The maximum Gasteiger partial charge on any atom is 0.430 e. The molecular weight excluding hydrogens is 440 g/mol. The summed E-state index contributed by atoms with van der Waals surface area (Å²) in [5.41, 5.74) is -5.56. The van der Waals surface area contributed by atoms with E-state index < -0.39 is 29.5 Å². The number of hydrogen-bond acceptors (Lipinski definition) is 4. The number of halogens is 7. The van der Waals surface area contributed by atoms with Crippen molar-refractivity contribution in [3.05, 3.63) is 64.7 Å². The largest absolute Gasteiger partial charge is 0.459 e. The van der Waals surface area contributed by atoms with Gasteiger partial charge in [0.05, 0.1) is 0 Å². The number of esters is 1. The molecule has 0 aliphatic heterocycles. The van der Waals surface area contributed by atoms with Gasteiger partial charge in [0.15, 0.2) is 0 Å². The summed E-state index contributed by atoms with van der Waals surface area (Å²) in [5.74, 6) is -0.668. The first-order chi connectivity index (χ1) is 13.8. The van der Waals surface area contributed by atoms with Gasteiger partial charge in [-0.15, -0.1) is 0 Å². The molecule has 2 rings (SSSR count). The van der Waals surface area contributed by atoms with Crippen molar-refractivity contribution in [2.45, 2.75) is 24.6 Å². The number of carbonyl (C=O) groups is 1. The predicted molar refractivity (Wildman–Crippen MR) is 97.0 cm³/mol. The van der Waals surface area contributed by atoms with Gasteiger partial charge in [0.25, 0.3) is 5.60 Å². The fourth-order valence-electron chi connectivity index (χ4n) is 2.52. The number of anilines is 1. The topological polar surface area (TPSA) is 49.8 Å². The molecule has 0 aliphatic rings. The van der Waals surface area contributed by atoms with Gasteiger partial charge in [-0.25, -0.2) is 0 Å². The van der Waals surface area contributed by atoms with Crippen LogP contribution in [0.2, 0.25) is 5.02 Å². The third-order valence-electron chi connectivity index (χ3n) is 4.23. The van der Waals surface area contributed by atoms with Crippen molar-refractivity contribution >= 4 is 23.3 Å². The number of aliphatic hydroxyl groups is 1. The molecule has 0 aliphatic carbocycles. The minimum Gasteiger partial charge on any atom is -0.459 e. The van der Waals surface area contributed by atoms with Gasteiger partial charge in [0, 0.05) is 23.3 Å². The van der Waals surface area contributed by atoms with E-state index in [1.807, 2.05) is 0 Å². The van der Waals surface area contributed by atoms with Gasteiger partial charge in [0.2, 0.25) is 0 Å². The Labute approximate surface area is 172 Å². The summed E-state index contributed by atoms with van der Waals surface area (Å²) >= 11 is 5.75. The van der Waals surface area contributed by atoms with Crippen molar-refractivity contribution in [2.24, 2.45) is 0 Å². The molecule has 0 spiro atoms. The lowest BCUT2D eigenvalue weighted by atomic mass is 9.92. The molecule has 0 saturated heterocycles. The summed E-state index contributed by atoms with van der Waals surface area (Å²) in [6, 6.07) is 9.41. The second-order valence-corrected chi connectivity index (χ2v) is 6.83. The van der Waals surface area contributed by atoms with Crippen LogP contribution in [0.1, 0.15) is 11.1 Å². The van der Waals surface area contributed by atoms with Crippen LogP contribution < -0.4 is 4.90 Å². The van der Waals surface area contributed by atoms with Crippen LogP contribution in [0.4, 0.5) is 32.0 Å². The van der Waals surface area contributed by atoms with Gasteiger partial charge < -0.3 is 14.7 Å². The van der Waals surface area contributed by atoms with Crippen molar-refractivity contribution in [1.29, 1.82) is 0 Å². The molecule has 0 amide bonds. The minimum atomic E-state index is -5.97. The summed E-state index contributed by atoms with van der Waals surface area (Å²) in [4.78, 5) is 13.2. The van der Waals surface area contributed by atoms with E-state index in [1.165, 1.54) is 11.9 Å². The van der Waals surface area contributed by atoms with E-state index in [0.29, 0.717) is 22.7 Å². The number of ether oxygens (including phenoxy) is 1. The molecule has 30 heavy (non-hydrogen) atoms. The second-order valence-electron chi connectivity index (χ2n) is 6.40. The molecule has 0 saturated carbocycles. The van der Waals surface area contributed by atoms with Crippen molar-refractivity contribution in [3.8, 4) is 0 Å². The number of alkyl halides is 6. The van der Waals surface area contributed by atoms with Gasteiger partial charge in [-0.3, -0.25) is 4.79 Å². The lowest BCUT2D eigenvalue weighted by Crippen LogP contribution is -2.53. The number of rotatable bonds is 6. The second kappa shape index (κ2) is 8.73. The molecule has 0 unspecified atom stereocenters. The number of carbonyl (C=O) groups excluding carboxylic acids is 1. The molecule has 2 aromatic rings. The molecule has 11 heteroatoms. The lowest BCUT2D eigenvalue weighted by molar-refractivity contribution is -0.376. The Bertz CT molecular complexity index is 852. The zero-order chi connectivity index (χ0) is 22.7. The van der Waals surface area contributed by atoms with Crippen LogP contribution in [-0.4, -0.2) is 37.0 Å². The Kier molecular flexibility index (Phi) is 6.93. The molecule has 0 aromatic heterocycles. The molecule has 0 atom stereocenters. The Hall–Kier alpha value is -2.46. The standard InChI is InChI=1S/C19H16ClF6NO3/c1-27(10-16(28)30-11-12-2-6-14(20)7-3-12)15-8-4-13(5-9-15)17(29,18(21,22)23)19(24,25)26/h2-9,29H,10-11H2,1H3. The normalized spacial score (nSPS) is 12.6. The lowest BCUT2D eigenvalue weighted by Gasteiger charge is -2.33. The number of nitrogens with zero attached hydrogens (tertiary/aromatic N) is 1. The molecule has 0 bridgehead atoms. The Morgan fingerprint density at radius 2 is 1.47 bits per heavy atom. The zero-order valence-corrected chi connectivity index (χ0v) is 16.1. The summed E-state index contributed by atoms with van der Waals surface area (Å²) in [6.45, 7) is -0.345. The number of benzene rings is 2. The van der Waals surface area contributed by atoms with Gasteiger partial charge in [0.1, 0.15) is 13.2 Å². The summed E-state index contributed by atoms with van der Waals surface area (Å²) < 4.78 is 82.6. The average molecular weight is 456 g/mol. The maximum atomic E-state index is 12.9. The smallest absolute Gasteiger partial charge is 0.430 e. The summed E-state index contributed by atoms with van der Waals surface area (Å²) in [7, 11) is 1.40. The van der Waals surface area contributed by atoms with E-state index in [4.69, 9.17) is 16.3 Å². The number of likely N-dealkylation sites (N-methyl/N-ethyl adjacent to an activating group) is 1. The highest BCUT2D eigenvalue weighted by Gasteiger charge is 2.71. The summed E-state index contributed by atoms with van der Waals surface area (Å²) in [5, 5.41) is 9.89. The van der Waals surface area contributed by atoms with Gasteiger partial charge in [-0.2, -0.15) is 26.3 Å². The van der Waals surface area contributed by atoms with E-state index in [1.54, 1.807) is 24.3 Å². The molecule has 2 aromatic carbocycles. The van der Waals surface area contributed by atoms with Gasteiger partial charge in [-0.05, 0) is 29.8 Å². The quantitative estimate of drug-likeness (QED) is 0.500. The first kappa shape index (κ1) is 23.8. The van der Waals surface area contributed by atoms with Crippen LogP contribution in [0.5, 0.6) is 0 Å². The van der Waals surface area contributed by atoms with E-state index in [9.17, 15) is 36.2 Å². The first-order valence-electron chi connectivity index (χ1n) is 8.33. The van der Waals surface area contributed by atoms with Crippen molar-refractivity contribution in [3.63, 3.8) is 0 Å². The predicted octanol–water partition coefficient (Wildman–Crippen LogP) is 4.83. The third kappa shape index (κ3) is 5.17. The van der Waals surface area contributed by atoms with Crippen LogP contribution in [0.15, 0.2) is 48.5 Å². The highest BCUT2D eigenvalue weighted by Crippen LogP contribution is 2.50. The van der Waals surface area contributed by atoms with Crippen LogP contribution in [0, 0.1) is 0 Å². The molecule has 0 heterocycles. The fourth-order valence-corrected chi connectivity index (χ4v) is 2.65. The van der Waals surface area contributed by atoms with Gasteiger partial charge >= 0.3 is 18.3 Å². The van der Waals surface area contributed by atoms with Crippen molar-refractivity contribution < 1.29 is 41.0 Å². The highest BCUT2D eigenvalue weighted by atomic mass is 35.5. The van der Waals surface area contributed by atoms with Crippen LogP contribution >= 0.6 is 11.6 Å². The Morgan fingerprint density at radius 1 is 0.967 bits per heavy atom. The molecular formula is C19H16ClF6NO3. The van der Waals surface area contributed by atoms with Gasteiger partial charge in [-0.1, -0.05) is 35.9 Å². The summed E-state index contributed by atoms with van der Waals surface area (Å²) in [6.07, 6.45) is -11.9. The van der Waals surface area contributed by atoms with E-state index >= 15 is 0 Å². The third-order valence-corrected chi connectivity index (χ3v) is 4.48. The van der Waals surface area contributed by atoms with Crippen molar-refractivity contribution in [2.75, 3.05) is 18.5 Å². The molecule has 0 fully saturated rings. The molecule has 4 nitrogen and oxygen atoms in total. The Morgan fingerprint density at radius 3 is 1.93 bits per heavy atom. The first-order valence-corrected chi connectivity index (χ1v) is 8.71. The molecule has 164 valence electrons. The van der Waals surface area contributed by atoms with Crippen LogP contribution in [0.25, 0.3) is 0 Å². The van der Waals surface area contributed by atoms with E-state index in [-0.39, 0.29) is 18.8 Å².